The van der Waals surface area contributed by atoms with Gasteiger partial charge in [-0.15, -0.1) is 0 Å². The Kier molecular flexibility index (Phi) is 4.42. The maximum absolute atomic E-state index is 13.0. The Morgan fingerprint density at radius 2 is 1.89 bits per heavy atom. The van der Waals surface area contributed by atoms with E-state index < -0.39 is 12.2 Å². The average molecular weight is 276 g/mol. The van der Waals surface area contributed by atoms with Crippen LogP contribution >= 0.6 is 0 Å². The fraction of sp³-hybridized carbons (Fsp3) is 0.538. The quantitative estimate of drug-likeness (QED) is 0.835. The maximum atomic E-state index is 13.0. The van der Waals surface area contributed by atoms with Gasteiger partial charge in [0.25, 0.3) is 0 Å². The molecule has 0 spiro atoms. The van der Waals surface area contributed by atoms with E-state index in [4.69, 9.17) is 0 Å². The molecule has 1 fully saturated rings. The molecule has 0 radical (unpaired) electrons. The molecule has 1 aromatic rings. The molecule has 106 valence electrons. The van der Waals surface area contributed by atoms with Gasteiger partial charge in [-0.25, -0.2) is 4.39 Å². The van der Waals surface area contributed by atoms with E-state index in [1.54, 1.807) is 0 Å². The van der Waals surface area contributed by atoms with Crippen molar-refractivity contribution in [3.63, 3.8) is 0 Å². The van der Waals surface area contributed by atoms with Crippen LogP contribution in [0.3, 0.4) is 0 Å². The highest BCUT2D eigenvalue weighted by Crippen LogP contribution is 2.27. The van der Waals surface area contributed by atoms with Gasteiger partial charge in [0.05, 0.1) is 0 Å². The molecule has 0 saturated carbocycles. The van der Waals surface area contributed by atoms with Crippen LogP contribution in [0.4, 0.5) is 17.6 Å². The molecular weight excluding hydrogens is 260 g/mol. The molecule has 6 heteroatoms. The summed E-state index contributed by atoms with van der Waals surface area (Å²) in [5, 5.41) is 2.81. The fourth-order valence-electron chi connectivity index (χ4n) is 2.27. The lowest BCUT2D eigenvalue weighted by Gasteiger charge is -2.31. The summed E-state index contributed by atoms with van der Waals surface area (Å²) in [5.41, 5.74) is 0.692. The second kappa shape index (κ2) is 5.88. The molecule has 19 heavy (non-hydrogen) atoms. The van der Waals surface area contributed by atoms with E-state index in [-0.39, 0.29) is 18.9 Å². The monoisotopic (exact) mass is 276 g/mol. The number of nitrogens with zero attached hydrogens (tertiary/aromatic N) is 1. The summed E-state index contributed by atoms with van der Waals surface area (Å²) in [7, 11) is 0. The van der Waals surface area contributed by atoms with Gasteiger partial charge in [-0.1, -0.05) is 12.1 Å². The number of benzene rings is 1. The van der Waals surface area contributed by atoms with E-state index in [2.05, 4.69) is 5.32 Å². The summed E-state index contributed by atoms with van der Waals surface area (Å²) in [4.78, 5) is 1.41. The molecule has 2 nitrogen and oxygen atoms in total. The fourth-order valence-corrected chi connectivity index (χ4v) is 2.27. The van der Waals surface area contributed by atoms with Crippen LogP contribution in [0, 0.1) is 5.82 Å². The molecular formula is C13H16F4N2. The Morgan fingerprint density at radius 1 is 1.21 bits per heavy atom. The first-order valence-electron chi connectivity index (χ1n) is 6.23. The molecule has 1 saturated heterocycles. The summed E-state index contributed by atoms with van der Waals surface area (Å²) in [5.74, 6) is -0.381. The van der Waals surface area contributed by atoms with Crippen LogP contribution in [-0.4, -0.2) is 36.8 Å². The van der Waals surface area contributed by atoms with E-state index in [1.165, 1.54) is 29.2 Å². The topological polar surface area (TPSA) is 15.3 Å². The number of rotatable bonds is 2. The highest BCUT2D eigenvalue weighted by Gasteiger charge is 2.43. The van der Waals surface area contributed by atoms with Gasteiger partial charge in [0.15, 0.2) is 0 Å². The second-order valence-corrected chi connectivity index (χ2v) is 4.71. The van der Waals surface area contributed by atoms with Crippen LogP contribution in [0.2, 0.25) is 0 Å². The molecule has 1 heterocycles. The Morgan fingerprint density at radius 3 is 2.53 bits per heavy atom. The molecule has 0 aromatic heterocycles. The summed E-state index contributed by atoms with van der Waals surface area (Å²) in [6.07, 6.45) is -3.58. The molecule has 1 unspecified atom stereocenters. The second-order valence-electron chi connectivity index (χ2n) is 4.71. The molecule has 0 bridgehead atoms. The number of hydrogen-bond acceptors (Lipinski definition) is 2. The van der Waals surface area contributed by atoms with Gasteiger partial charge >= 0.3 is 6.18 Å². The average Bonchev–Trinajstić information content (AvgIpc) is 2.57. The summed E-state index contributed by atoms with van der Waals surface area (Å²) in [6, 6.07) is 4.12. The van der Waals surface area contributed by atoms with E-state index >= 15 is 0 Å². The molecule has 2 rings (SSSR count). The molecule has 0 aliphatic carbocycles. The Hall–Kier alpha value is -1.14. The first-order chi connectivity index (χ1) is 8.97. The van der Waals surface area contributed by atoms with Crippen molar-refractivity contribution in [3.8, 4) is 0 Å². The third-order valence-electron chi connectivity index (χ3n) is 3.25. The van der Waals surface area contributed by atoms with Crippen LogP contribution in [-0.2, 0) is 6.54 Å². The van der Waals surface area contributed by atoms with Crippen LogP contribution in [0.1, 0.15) is 12.0 Å². The zero-order valence-corrected chi connectivity index (χ0v) is 10.4. The number of hydrogen-bond donors (Lipinski definition) is 1. The lowest BCUT2D eigenvalue weighted by atomic mass is 10.1. The van der Waals surface area contributed by atoms with Crippen molar-refractivity contribution in [2.45, 2.75) is 25.2 Å². The van der Waals surface area contributed by atoms with Crippen molar-refractivity contribution in [1.82, 2.24) is 10.2 Å². The van der Waals surface area contributed by atoms with Gasteiger partial charge in [-0.3, -0.25) is 4.90 Å². The van der Waals surface area contributed by atoms with Gasteiger partial charge in [0, 0.05) is 19.6 Å². The highest BCUT2D eigenvalue weighted by molar-refractivity contribution is 5.16. The number of nitrogens with one attached hydrogen (secondary N) is 1. The zero-order valence-electron chi connectivity index (χ0n) is 10.4. The first kappa shape index (κ1) is 14.3. The van der Waals surface area contributed by atoms with Crippen LogP contribution in [0.5, 0.6) is 0 Å². The summed E-state index contributed by atoms with van der Waals surface area (Å²) < 4.78 is 51.8. The van der Waals surface area contributed by atoms with E-state index in [9.17, 15) is 17.6 Å². The third kappa shape index (κ3) is 3.91. The maximum Gasteiger partial charge on any atom is 0.405 e. The van der Waals surface area contributed by atoms with Crippen LogP contribution in [0.25, 0.3) is 0 Å². The van der Waals surface area contributed by atoms with E-state index in [0.29, 0.717) is 25.1 Å². The van der Waals surface area contributed by atoms with Gasteiger partial charge in [-0.2, -0.15) is 13.2 Å². The lowest BCUT2D eigenvalue weighted by Crippen LogP contribution is -2.49. The zero-order chi connectivity index (χ0) is 13.9. The largest absolute Gasteiger partial charge is 0.405 e. The third-order valence-corrected chi connectivity index (χ3v) is 3.25. The molecule has 1 aromatic carbocycles. The minimum absolute atomic E-state index is 0.0926. The van der Waals surface area contributed by atoms with Gasteiger partial charge in [-0.05, 0) is 30.7 Å². The predicted octanol–water partition coefficient (Wildman–Crippen LogP) is 2.55. The standard InChI is InChI=1S/C13H16F4N2/c14-11-4-2-10(3-5-11)9-19-7-1-6-18-8-12(19)13(15,16)17/h2-5,12,18H,1,6-9H2. The summed E-state index contributed by atoms with van der Waals surface area (Å²) in [6.45, 7) is 1.07. The van der Waals surface area contributed by atoms with Crippen LogP contribution in [0.15, 0.2) is 24.3 Å². The minimum Gasteiger partial charge on any atom is -0.315 e. The van der Waals surface area contributed by atoms with Crippen molar-refractivity contribution < 1.29 is 17.6 Å². The van der Waals surface area contributed by atoms with Crippen molar-refractivity contribution in [3.05, 3.63) is 35.6 Å². The number of alkyl halides is 3. The molecule has 1 aliphatic rings. The smallest absolute Gasteiger partial charge is 0.315 e. The highest BCUT2D eigenvalue weighted by atomic mass is 19.4. The molecule has 1 N–H and O–H groups in total. The normalized spacial score (nSPS) is 22.2. The van der Waals surface area contributed by atoms with Crippen molar-refractivity contribution in [1.29, 1.82) is 0 Å². The predicted molar refractivity (Wildman–Crippen MR) is 64.1 cm³/mol. The Bertz CT molecular complexity index is 402. The first-order valence-corrected chi connectivity index (χ1v) is 6.23. The van der Waals surface area contributed by atoms with Gasteiger partial charge < -0.3 is 5.32 Å². The molecule has 0 amide bonds. The van der Waals surface area contributed by atoms with Crippen molar-refractivity contribution in [2.75, 3.05) is 19.6 Å². The SMILES string of the molecule is Fc1ccc(CN2CCCNCC2C(F)(F)F)cc1. The van der Waals surface area contributed by atoms with Gasteiger partial charge in [0.1, 0.15) is 11.9 Å². The van der Waals surface area contributed by atoms with E-state index in [1.807, 2.05) is 0 Å². The summed E-state index contributed by atoms with van der Waals surface area (Å²) >= 11 is 0. The van der Waals surface area contributed by atoms with Gasteiger partial charge in [0.2, 0.25) is 0 Å². The Balaban J connectivity index is 2.12. The minimum atomic E-state index is -4.25. The van der Waals surface area contributed by atoms with Crippen molar-refractivity contribution >= 4 is 0 Å². The molecule has 1 atom stereocenters. The lowest BCUT2D eigenvalue weighted by molar-refractivity contribution is -0.182. The van der Waals surface area contributed by atoms with Crippen molar-refractivity contribution in [2.24, 2.45) is 0 Å². The van der Waals surface area contributed by atoms with E-state index in [0.717, 1.165) is 0 Å². The van der Waals surface area contributed by atoms with Crippen LogP contribution < -0.4 is 5.32 Å². The Labute approximate surface area is 109 Å². The molecule has 1 aliphatic heterocycles. The number of halogens is 4.